The molecule has 0 saturated heterocycles. The van der Waals surface area contributed by atoms with E-state index in [0.29, 0.717) is 11.9 Å². The fourth-order valence-corrected chi connectivity index (χ4v) is 2.40. The van der Waals surface area contributed by atoms with Crippen LogP contribution in [0, 0.1) is 0 Å². The molecule has 2 rings (SSSR count). The Morgan fingerprint density at radius 3 is 2.44 bits per heavy atom. The molecule has 3 N–H and O–H groups in total. The molecular weight excluding hydrogens is 224 g/mol. The maximum Gasteiger partial charge on any atom is 0.222 e. The molecule has 0 radical (unpaired) electrons. The Balaban J connectivity index is 1.84. The van der Waals surface area contributed by atoms with E-state index in [2.05, 4.69) is 15.3 Å². The highest BCUT2D eigenvalue weighted by Crippen LogP contribution is 2.33. The van der Waals surface area contributed by atoms with Crippen molar-refractivity contribution in [2.75, 3.05) is 11.9 Å². The molecule has 1 aromatic rings. The fraction of sp³-hybridized carbons (Fsp3) is 0.714. The summed E-state index contributed by atoms with van der Waals surface area (Å²) < 4.78 is 0. The lowest BCUT2D eigenvalue weighted by Gasteiger charge is -2.18. The van der Waals surface area contributed by atoms with E-state index >= 15 is 0 Å². The smallest absolute Gasteiger partial charge is 0.222 e. The fourth-order valence-electron chi connectivity index (χ4n) is 2.40. The van der Waals surface area contributed by atoms with Gasteiger partial charge in [-0.3, -0.25) is 0 Å². The highest BCUT2D eigenvalue weighted by atomic mass is 15.1. The zero-order valence-electron chi connectivity index (χ0n) is 11.4. The molecule has 1 heterocycles. The normalized spacial score (nSPS) is 17.1. The zero-order chi connectivity index (χ0) is 13.0. The maximum absolute atomic E-state index is 5.93. The molecule has 1 aromatic heterocycles. The number of hydrogen-bond donors (Lipinski definition) is 2. The predicted octanol–water partition coefficient (Wildman–Crippen LogP) is 2.67. The van der Waals surface area contributed by atoms with Crippen LogP contribution in [0.25, 0.3) is 0 Å². The molecule has 0 atom stereocenters. The maximum atomic E-state index is 5.93. The van der Waals surface area contributed by atoms with Gasteiger partial charge in [-0.25, -0.2) is 9.97 Å². The summed E-state index contributed by atoms with van der Waals surface area (Å²) in [4.78, 5) is 8.76. The van der Waals surface area contributed by atoms with Gasteiger partial charge in [-0.15, -0.1) is 0 Å². The first kappa shape index (κ1) is 13.3. The largest absolute Gasteiger partial charge is 0.354 e. The molecule has 1 aliphatic carbocycles. The summed E-state index contributed by atoms with van der Waals surface area (Å²) >= 11 is 0. The molecule has 1 saturated carbocycles. The molecule has 100 valence electrons. The van der Waals surface area contributed by atoms with Gasteiger partial charge in [0, 0.05) is 24.5 Å². The van der Waals surface area contributed by atoms with Gasteiger partial charge in [0.05, 0.1) is 0 Å². The van der Waals surface area contributed by atoms with Crippen LogP contribution in [0.15, 0.2) is 12.4 Å². The third kappa shape index (κ3) is 3.95. The summed E-state index contributed by atoms with van der Waals surface area (Å²) in [6.07, 6.45) is 10.1. The molecule has 4 nitrogen and oxygen atoms in total. The summed E-state index contributed by atoms with van der Waals surface area (Å²) in [7, 11) is 0. The van der Waals surface area contributed by atoms with Gasteiger partial charge in [-0.1, -0.05) is 12.8 Å². The monoisotopic (exact) mass is 248 g/mol. The van der Waals surface area contributed by atoms with Crippen molar-refractivity contribution < 1.29 is 0 Å². The number of anilines is 1. The first-order valence-corrected chi connectivity index (χ1v) is 6.89. The lowest BCUT2D eigenvalue weighted by molar-refractivity contribution is 0.490. The number of nitrogens with two attached hydrogens (primary N) is 1. The Kier molecular flexibility index (Phi) is 4.17. The molecule has 0 spiro atoms. The molecule has 0 unspecified atom stereocenters. The third-order valence-electron chi connectivity index (χ3n) is 3.55. The van der Waals surface area contributed by atoms with Crippen LogP contribution in [0.1, 0.15) is 57.4 Å². The summed E-state index contributed by atoms with van der Waals surface area (Å²) in [6.45, 7) is 4.86. The number of aromatic nitrogens is 2. The standard InChI is InChI=1S/C14H24N4/c1-14(2,15)7-8-16-13-17-9-12(10-18-13)11-5-3-4-6-11/h9-11H,3-8,15H2,1-2H3,(H,16,17,18). The van der Waals surface area contributed by atoms with Gasteiger partial charge in [-0.05, 0) is 44.6 Å². The van der Waals surface area contributed by atoms with Crippen molar-refractivity contribution in [1.82, 2.24) is 9.97 Å². The molecule has 0 bridgehead atoms. The van der Waals surface area contributed by atoms with Gasteiger partial charge in [-0.2, -0.15) is 0 Å². The van der Waals surface area contributed by atoms with Crippen LogP contribution in [0.3, 0.4) is 0 Å². The van der Waals surface area contributed by atoms with Crippen LogP contribution < -0.4 is 11.1 Å². The molecule has 18 heavy (non-hydrogen) atoms. The Morgan fingerprint density at radius 1 is 1.28 bits per heavy atom. The number of rotatable bonds is 5. The molecule has 0 aromatic carbocycles. The van der Waals surface area contributed by atoms with E-state index in [1.165, 1.54) is 31.2 Å². The van der Waals surface area contributed by atoms with E-state index in [4.69, 9.17) is 5.73 Å². The van der Waals surface area contributed by atoms with Crippen molar-refractivity contribution in [1.29, 1.82) is 0 Å². The zero-order valence-corrected chi connectivity index (χ0v) is 11.4. The van der Waals surface area contributed by atoms with E-state index in [1.807, 2.05) is 26.2 Å². The lowest BCUT2D eigenvalue weighted by atomic mass is 10.0. The van der Waals surface area contributed by atoms with Crippen molar-refractivity contribution in [2.45, 2.75) is 57.4 Å². The predicted molar refractivity (Wildman–Crippen MR) is 74.6 cm³/mol. The van der Waals surface area contributed by atoms with Crippen LogP contribution in [0.5, 0.6) is 0 Å². The second-order valence-electron chi connectivity index (χ2n) is 5.99. The SMILES string of the molecule is CC(C)(N)CCNc1ncc(C2CCCC2)cn1. The summed E-state index contributed by atoms with van der Waals surface area (Å²) in [5.41, 5.74) is 7.07. The minimum atomic E-state index is -0.142. The number of nitrogens with one attached hydrogen (secondary N) is 1. The summed E-state index contributed by atoms with van der Waals surface area (Å²) in [5.74, 6) is 1.39. The minimum absolute atomic E-state index is 0.142. The first-order valence-electron chi connectivity index (χ1n) is 6.89. The molecule has 1 aliphatic rings. The van der Waals surface area contributed by atoms with Gasteiger partial charge < -0.3 is 11.1 Å². The molecule has 1 fully saturated rings. The number of nitrogens with zero attached hydrogens (tertiary/aromatic N) is 2. The third-order valence-corrected chi connectivity index (χ3v) is 3.55. The van der Waals surface area contributed by atoms with Crippen molar-refractivity contribution in [3.63, 3.8) is 0 Å². The highest BCUT2D eigenvalue weighted by molar-refractivity contribution is 5.26. The van der Waals surface area contributed by atoms with E-state index in [0.717, 1.165) is 13.0 Å². The van der Waals surface area contributed by atoms with Crippen molar-refractivity contribution >= 4 is 5.95 Å². The average molecular weight is 248 g/mol. The van der Waals surface area contributed by atoms with Crippen LogP contribution >= 0.6 is 0 Å². The molecule has 0 aliphatic heterocycles. The molecule has 0 amide bonds. The molecular formula is C14H24N4. The average Bonchev–Trinajstić information content (AvgIpc) is 2.82. The van der Waals surface area contributed by atoms with Crippen LogP contribution in [0.4, 0.5) is 5.95 Å². The lowest BCUT2D eigenvalue weighted by Crippen LogP contribution is -2.34. The van der Waals surface area contributed by atoms with Gasteiger partial charge in [0.2, 0.25) is 5.95 Å². The van der Waals surface area contributed by atoms with E-state index < -0.39 is 0 Å². The van der Waals surface area contributed by atoms with Gasteiger partial charge in [0.1, 0.15) is 0 Å². The topological polar surface area (TPSA) is 63.8 Å². The molecule has 4 heteroatoms. The Bertz CT molecular complexity index is 360. The quantitative estimate of drug-likeness (QED) is 0.841. The highest BCUT2D eigenvalue weighted by Gasteiger charge is 2.17. The van der Waals surface area contributed by atoms with Gasteiger partial charge >= 0.3 is 0 Å². The van der Waals surface area contributed by atoms with E-state index in [1.54, 1.807) is 0 Å². The van der Waals surface area contributed by atoms with E-state index in [-0.39, 0.29) is 5.54 Å². The van der Waals surface area contributed by atoms with Crippen molar-refractivity contribution in [3.8, 4) is 0 Å². The van der Waals surface area contributed by atoms with Crippen LogP contribution in [-0.2, 0) is 0 Å². The van der Waals surface area contributed by atoms with Crippen molar-refractivity contribution in [3.05, 3.63) is 18.0 Å². The van der Waals surface area contributed by atoms with Crippen LogP contribution in [0.2, 0.25) is 0 Å². The van der Waals surface area contributed by atoms with Gasteiger partial charge in [0.25, 0.3) is 0 Å². The van der Waals surface area contributed by atoms with Crippen LogP contribution in [-0.4, -0.2) is 22.1 Å². The first-order chi connectivity index (χ1) is 8.54. The van der Waals surface area contributed by atoms with E-state index in [9.17, 15) is 0 Å². The second kappa shape index (κ2) is 5.65. The summed E-state index contributed by atoms with van der Waals surface area (Å²) in [5, 5.41) is 3.22. The second-order valence-corrected chi connectivity index (χ2v) is 5.99. The minimum Gasteiger partial charge on any atom is -0.354 e. The summed E-state index contributed by atoms with van der Waals surface area (Å²) in [6, 6.07) is 0. The van der Waals surface area contributed by atoms with Crippen molar-refractivity contribution in [2.24, 2.45) is 5.73 Å². The van der Waals surface area contributed by atoms with Gasteiger partial charge in [0.15, 0.2) is 0 Å². The Hall–Kier alpha value is -1.16. The Morgan fingerprint density at radius 2 is 1.89 bits per heavy atom. The Labute approximate surface area is 109 Å². The number of hydrogen-bond acceptors (Lipinski definition) is 4.